The maximum absolute atomic E-state index is 15.2. The zero-order valence-electron chi connectivity index (χ0n) is 16.3. The van der Waals surface area contributed by atoms with E-state index in [9.17, 15) is 27.8 Å². The van der Waals surface area contributed by atoms with Crippen molar-refractivity contribution in [1.82, 2.24) is 0 Å². The second-order valence-corrected chi connectivity index (χ2v) is 6.71. The Hall–Kier alpha value is -3.82. The van der Waals surface area contributed by atoms with Crippen LogP contribution >= 0.6 is 0 Å². The molecule has 4 nitrogen and oxygen atoms in total. The Balaban J connectivity index is 2.33. The van der Waals surface area contributed by atoms with Gasteiger partial charge in [0.25, 0.3) is 0 Å². The predicted octanol–water partition coefficient (Wildman–Crippen LogP) is 5.92. The molecule has 0 radical (unpaired) electrons. The lowest BCUT2D eigenvalue weighted by molar-refractivity contribution is 0.350. The van der Waals surface area contributed by atoms with Gasteiger partial charge in [0.1, 0.15) is 11.5 Å². The highest BCUT2D eigenvalue weighted by atomic mass is 19.2. The van der Waals surface area contributed by atoms with Gasteiger partial charge in [0, 0.05) is 32.7 Å². The summed E-state index contributed by atoms with van der Waals surface area (Å²) >= 11 is 0. The number of hydrogen-bond acceptors (Lipinski definition) is 4. The molecule has 166 valence electrons. The van der Waals surface area contributed by atoms with Gasteiger partial charge in [0.2, 0.25) is 11.6 Å². The molecule has 0 unspecified atom stereocenters. The van der Waals surface area contributed by atoms with Crippen molar-refractivity contribution < 1.29 is 46.0 Å². The molecule has 0 bridgehead atoms. The summed E-state index contributed by atoms with van der Waals surface area (Å²) in [5.41, 5.74) is -1.40. The third-order valence-electron chi connectivity index (χ3n) is 5.12. The quantitative estimate of drug-likeness (QED) is 0.298. The van der Waals surface area contributed by atoms with Gasteiger partial charge in [-0.3, -0.25) is 0 Å². The van der Waals surface area contributed by atoms with E-state index in [4.69, 9.17) is 0 Å². The Morgan fingerprint density at radius 2 is 0.875 bits per heavy atom. The Labute approximate surface area is 175 Å². The average Bonchev–Trinajstić information content (AvgIpc) is 2.77. The molecule has 0 aliphatic carbocycles. The molecule has 0 aromatic heterocycles. The third kappa shape index (κ3) is 2.72. The molecular formula is C22H12F6O4. The fraction of sp³-hybridized carbons (Fsp3) is 0.0909. The minimum absolute atomic E-state index is 0.681. The molecule has 4 aromatic rings. The summed E-state index contributed by atoms with van der Waals surface area (Å²) < 4.78 is 97.1. The molecule has 0 saturated carbocycles. The van der Waals surface area contributed by atoms with E-state index in [0.717, 1.165) is 38.5 Å². The summed E-state index contributed by atoms with van der Waals surface area (Å²) in [6, 6.07) is 3.40. The van der Waals surface area contributed by atoms with Crippen LogP contribution in [0.4, 0.5) is 26.3 Å². The number of aromatic hydroxyl groups is 2. The monoisotopic (exact) mass is 454 g/mol. The zero-order valence-corrected chi connectivity index (χ0v) is 16.3. The van der Waals surface area contributed by atoms with Crippen molar-refractivity contribution in [3.8, 4) is 34.1 Å². The summed E-state index contributed by atoms with van der Waals surface area (Å²) in [6.07, 6.45) is 0. The summed E-state index contributed by atoms with van der Waals surface area (Å²) in [6.45, 7) is 0. The smallest absolute Gasteiger partial charge is 0.204 e. The van der Waals surface area contributed by atoms with Crippen LogP contribution < -0.4 is 9.47 Å². The van der Waals surface area contributed by atoms with Crippen LogP contribution in [0.5, 0.6) is 23.0 Å². The van der Waals surface area contributed by atoms with Crippen molar-refractivity contribution in [1.29, 1.82) is 0 Å². The van der Waals surface area contributed by atoms with Gasteiger partial charge >= 0.3 is 0 Å². The number of methoxy groups -OCH3 is 2. The largest absolute Gasteiger partial charge is 0.507 e. The molecule has 2 N–H and O–H groups in total. The number of phenols is 2. The van der Waals surface area contributed by atoms with E-state index >= 15 is 8.78 Å². The fourth-order valence-electron chi connectivity index (χ4n) is 3.73. The number of fused-ring (bicyclic) bond motifs is 2. The number of halogens is 6. The lowest BCUT2D eigenvalue weighted by atomic mass is 9.91. The lowest BCUT2D eigenvalue weighted by Gasteiger charge is -2.18. The summed E-state index contributed by atoms with van der Waals surface area (Å²) in [5, 5.41) is 18.0. The van der Waals surface area contributed by atoms with Gasteiger partial charge in [0.15, 0.2) is 34.8 Å². The standard InChI is InChI=1S/C22H12F6O4/c1-31-21-17(25)11-7(15(23)19(21)27)3-5-9(29)13(11)14-10(30)6-4-8-12(14)18(26)22(32-2)20(28)16(8)24/h3-6,29-30H,1-2H3. The van der Waals surface area contributed by atoms with Crippen LogP contribution in [-0.2, 0) is 0 Å². The highest BCUT2D eigenvalue weighted by Gasteiger charge is 2.30. The second-order valence-electron chi connectivity index (χ2n) is 6.71. The number of ether oxygens (including phenoxy) is 2. The highest BCUT2D eigenvalue weighted by molar-refractivity contribution is 6.11. The molecule has 32 heavy (non-hydrogen) atoms. The van der Waals surface area contributed by atoms with Crippen molar-refractivity contribution >= 4 is 21.5 Å². The Morgan fingerprint density at radius 3 is 1.19 bits per heavy atom. The fourth-order valence-corrected chi connectivity index (χ4v) is 3.73. The average molecular weight is 454 g/mol. The molecule has 0 saturated heterocycles. The molecule has 0 amide bonds. The van der Waals surface area contributed by atoms with Gasteiger partial charge in [-0.2, -0.15) is 8.78 Å². The molecule has 10 heteroatoms. The van der Waals surface area contributed by atoms with E-state index in [1.807, 2.05) is 0 Å². The van der Waals surface area contributed by atoms with Crippen LogP contribution in [0.2, 0.25) is 0 Å². The van der Waals surface area contributed by atoms with Crippen LogP contribution in [0.3, 0.4) is 0 Å². The van der Waals surface area contributed by atoms with E-state index in [0.29, 0.717) is 0 Å². The maximum Gasteiger partial charge on any atom is 0.204 e. The van der Waals surface area contributed by atoms with Gasteiger partial charge in [-0.1, -0.05) is 0 Å². The van der Waals surface area contributed by atoms with Gasteiger partial charge in [0.05, 0.1) is 14.2 Å². The highest BCUT2D eigenvalue weighted by Crippen LogP contribution is 2.49. The van der Waals surface area contributed by atoms with Crippen molar-refractivity contribution in [3.63, 3.8) is 0 Å². The SMILES string of the molecule is COc1c(F)c(F)c2ccc(O)c(-c3c(O)ccc4c(F)c(F)c(OC)c(F)c34)c2c1F. The van der Waals surface area contributed by atoms with Crippen molar-refractivity contribution in [2.24, 2.45) is 0 Å². The van der Waals surface area contributed by atoms with Crippen molar-refractivity contribution in [3.05, 3.63) is 59.2 Å². The first-order valence-electron chi connectivity index (χ1n) is 8.88. The molecule has 0 atom stereocenters. The molecule has 4 aromatic carbocycles. The molecule has 4 rings (SSSR count). The predicted molar refractivity (Wildman–Crippen MR) is 103 cm³/mol. The summed E-state index contributed by atoms with van der Waals surface area (Å²) in [5.74, 6) is -13.2. The molecule has 0 heterocycles. The Kier molecular flexibility index (Phi) is 4.95. The van der Waals surface area contributed by atoms with E-state index in [1.165, 1.54) is 0 Å². The van der Waals surface area contributed by atoms with E-state index in [-0.39, 0.29) is 0 Å². The minimum atomic E-state index is -1.66. The molecule has 0 aliphatic rings. The normalized spacial score (nSPS) is 11.4. The van der Waals surface area contributed by atoms with E-state index < -0.39 is 90.6 Å². The van der Waals surface area contributed by atoms with Crippen LogP contribution in [0, 0.1) is 34.9 Å². The van der Waals surface area contributed by atoms with Gasteiger partial charge in [-0.05, 0) is 24.3 Å². The third-order valence-corrected chi connectivity index (χ3v) is 5.12. The first kappa shape index (κ1) is 21.4. The van der Waals surface area contributed by atoms with Gasteiger partial charge < -0.3 is 19.7 Å². The second kappa shape index (κ2) is 7.40. The number of benzene rings is 4. The number of rotatable bonds is 3. The van der Waals surface area contributed by atoms with Crippen LogP contribution in [0.15, 0.2) is 24.3 Å². The molecule has 0 fully saturated rings. The van der Waals surface area contributed by atoms with Crippen LogP contribution in [-0.4, -0.2) is 24.4 Å². The molecular weight excluding hydrogens is 442 g/mol. The molecule has 0 spiro atoms. The van der Waals surface area contributed by atoms with E-state index in [2.05, 4.69) is 9.47 Å². The first-order valence-corrected chi connectivity index (χ1v) is 8.88. The Morgan fingerprint density at radius 1 is 0.531 bits per heavy atom. The maximum atomic E-state index is 15.2. The molecule has 0 aliphatic heterocycles. The zero-order chi connectivity index (χ0) is 23.5. The Bertz CT molecular complexity index is 1330. The van der Waals surface area contributed by atoms with E-state index in [1.54, 1.807) is 0 Å². The van der Waals surface area contributed by atoms with Gasteiger partial charge in [-0.25, -0.2) is 17.6 Å². The minimum Gasteiger partial charge on any atom is -0.507 e. The van der Waals surface area contributed by atoms with Crippen LogP contribution in [0.1, 0.15) is 0 Å². The first-order chi connectivity index (χ1) is 15.1. The summed E-state index contributed by atoms with van der Waals surface area (Å²) in [7, 11) is 1.74. The van der Waals surface area contributed by atoms with Crippen LogP contribution in [0.25, 0.3) is 32.7 Å². The number of phenolic OH excluding ortho intramolecular Hbond substituents is 2. The van der Waals surface area contributed by atoms with Crippen molar-refractivity contribution in [2.75, 3.05) is 14.2 Å². The summed E-state index contributed by atoms with van der Waals surface area (Å²) in [4.78, 5) is 0. The number of hydrogen-bond donors (Lipinski definition) is 2. The lowest BCUT2D eigenvalue weighted by Crippen LogP contribution is -2.02. The van der Waals surface area contributed by atoms with Gasteiger partial charge in [-0.15, -0.1) is 0 Å². The topological polar surface area (TPSA) is 58.9 Å². The van der Waals surface area contributed by atoms with Crippen molar-refractivity contribution in [2.45, 2.75) is 0 Å².